The molecule has 0 heterocycles. The molecule has 1 nitrogen and oxygen atoms in total. The molecule has 2 aromatic carbocycles. The highest BCUT2D eigenvalue weighted by molar-refractivity contribution is 6.31. The van der Waals surface area contributed by atoms with Gasteiger partial charge < -0.3 is 5.32 Å². The van der Waals surface area contributed by atoms with Gasteiger partial charge in [-0.1, -0.05) is 54.1 Å². The van der Waals surface area contributed by atoms with Crippen molar-refractivity contribution in [3.63, 3.8) is 0 Å². The molecule has 0 amide bonds. The van der Waals surface area contributed by atoms with E-state index in [0.717, 1.165) is 30.1 Å². The summed E-state index contributed by atoms with van der Waals surface area (Å²) in [6, 6.07) is 16.7. The normalized spacial score (nSPS) is 10.6. The molecule has 0 aromatic heterocycles. The van der Waals surface area contributed by atoms with Crippen molar-refractivity contribution >= 4 is 11.6 Å². The van der Waals surface area contributed by atoms with E-state index in [1.807, 2.05) is 12.1 Å². The Morgan fingerprint density at radius 1 is 1.06 bits per heavy atom. The third-order valence-electron chi connectivity index (χ3n) is 2.96. The highest BCUT2D eigenvalue weighted by Crippen LogP contribution is 2.17. The molecular weight excluding hydrogens is 242 g/mol. The van der Waals surface area contributed by atoms with Crippen LogP contribution in [0.2, 0.25) is 5.02 Å². The lowest BCUT2D eigenvalue weighted by molar-refractivity contribution is 0.687. The van der Waals surface area contributed by atoms with Gasteiger partial charge in [0.1, 0.15) is 0 Å². The van der Waals surface area contributed by atoms with E-state index in [0.29, 0.717) is 0 Å². The molecule has 0 unspecified atom stereocenters. The highest BCUT2D eigenvalue weighted by Gasteiger charge is 1.99. The van der Waals surface area contributed by atoms with E-state index in [-0.39, 0.29) is 0 Å². The Hall–Kier alpha value is -1.31. The Labute approximate surface area is 114 Å². The number of halogens is 1. The Kier molecular flexibility index (Phi) is 4.80. The van der Waals surface area contributed by atoms with Gasteiger partial charge in [0.05, 0.1) is 0 Å². The maximum Gasteiger partial charge on any atom is 0.0453 e. The number of hydrogen-bond acceptors (Lipinski definition) is 1. The van der Waals surface area contributed by atoms with Crippen LogP contribution in [0.5, 0.6) is 0 Å². The predicted octanol–water partition coefficient (Wildman–Crippen LogP) is 3.98. The summed E-state index contributed by atoms with van der Waals surface area (Å²) in [4.78, 5) is 0. The molecule has 1 N–H and O–H groups in total. The zero-order chi connectivity index (χ0) is 12.8. The summed E-state index contributed by atoms with van der Waals surface area (Å²) < 4.78 is 0. The molecule has 2 heteroatoms. The average Bonchev–Trinajstić information content (AvgIpc) is 2.38. The molecule has 18 heavy (non-hydrogen) atoms. The third-order valence-corrected chi connectivity index (χ3v) is 3.31. The van der Waals surface area contributed by atoms with E-state index >= 15 is 0 Å². The first-order chi connectivity index (χ1) is 8.75. The summed E-state index contributed by atoms with van der Waals surface area (Å²) in [5, 5.41) is 4.28. The second kappa shape index (κ2) is 6.58. The molecule has 0 radical (unpaired) electrons. The first-order valence-electron chi connectivity index (χ1n) is 6.25. The number of aryl methyl sites for hydroxylation is 1. The summed E-state index contributed by atoms with van der Waals surface area (Å²) >= 11 is 6.19. The molecule has 0 fully saturated rings. The number of rotatable bonds is 5. The molecule has 94 valence electrons. The van der Waals surface area contributed by atoms with E-state index in [1.54, 1.807) is 0 Å². The van der Waals surface area contributed by atoms with Gasteiger partial charge in [0.2, 0.25) is 0 Å². The predicted molar refractivity (Wildman–Crippen MR) is 78.0 cm³/mol. The summed E-state index contributed by atoms with van der Waals surface area (Å²) in [5.41, 5.74) is 3.73. The smallest absolute Gasteiger partial charge is 0.0453 e. The minimum atomic E-state index is 0.825. The van der Waals surface area contributed by atoms with Crippen molar-refractivity contribution in [2.24, 2.45) is 0 Å². The molecule has 0 atom stereocenters. The van der Waals surface area contributed by atoms with Crippen molar-refractivity contribution in [3.05, 3.63) is 70.2 Å². The first kappa shape index (κ1) is 13.1. The maximum absolute atomic E-state index is 6.19. The van der Waals surface area contributed by atoms with Gasteiger partial charge >= 0.3 is 0 Å². The minimum Gasteiger partial charge on any atom is -0.312 e. The number of hydrogen-bond donors (Lipinski definition) is 1. The second-order valence-corrected chi connectivity index (χ2v) is 4.91. The fraction of sp³-hybridized carbons (Fsp3) is 0.250. The molecule has 0 saturated heterocycles. The van der Waals surface area contributed by atoms with Gasteiger partial charge in [-0.05, 0) is 42.6 Å². The Morgan fingerprint density at radius 3 is 2.56 bits per heavy atom. The average molecular weight is 260 g/mol. The van der Waals surface area contributed by atoms with Crippen LogP contribution in [0, 0.1) is 6.92 Å². The van der Waals surface area contributed by atoms with E-state index in [2.05, 4.69) is 48.6 Å². The van der Waals surface area contributed by atoms with Crippen molar-refractivity contribution in [2.75, 3.05) is 6.54 Å². The second-order valence-electron chi connectivity index (χ2n) is 4.51. The van der Waals surface area contributed by atoms with Gasteiger partial charge in [0.15, 0.2) is 0 Å². The van der Waals surface area contributed by atoms with Gasteiger partial charge in [0.25, 0.3) is 0 Å². The lowest BCUT2D eigenvalue weighted by Gasteiger charge is -2.07. The molecule has 0 saturated carbocycles. The van der Waals surface area contributed by atoms with Crippen LogP contribution in [0.4, 0.5) is 0 Å². The topological polar surface area (TPSA) is 12.0 Å². The van der Waals surface area contributed by atoms with Crippen molar-refractivity contribution in [1.29, 1.82) is 0 Å². The highest BCUT2D eigenvalue weighted by atomic mass is 35.5. The summed E-state index contributed by atoms with van der Waals surface area (Å²) in [6.07, 6.45) is 1.05. The molecule has 0 bridgehead atoms. The molecule has 0 aliphatic heterocycles. The van der Waals surface area contributed by atoms with E-state index in [1.165, 1.54) is 11.1 Å². The van der Waals surface area contributed by atoms with Crippen molar-refractivity contribution in [1.82, 2.24) is 5.32 Å². The fourth-order valence-electron chi connectivity index (χ4n) is 1.90. The van der Waals surface area contributed by atoms with Gasteiger partial charge in [-0.25, -0.2) is 0 Å². The van der Waals surface area contributed by atoms with Crippen molar-refractivity contribution in [3.8, 4) is 0 Å². The monoisotopic (exact) mass is 259 g/mol. The quantitative estimate of drug-likeness (QED) is 0.801. The van der Waals surface area contributed by atoms with Gasteiger partial charge in [0, 0.05) is 11.6 Å². The largest absolute Gasteiger partial charge is 0.312 e. The van der Waals surface area contributed by atoms with Gasteiger partial charge in [-0.15, -0.1) is 0 Å². The van der Waals surface area contributed by atoms with Crippen LogP contribution < -0.4 is 5.32 Å². The lowest BCUT2D eigenvalue weighted by Crippen LogP contribution is -2.16. The zero-order valence-electron chi connectivity index (χ0n) is 10.6. The summed E-state index contributed by atoms with van der Waals surface area (Å²) in [5.74, 6) is 0. The SMILES string of the molecule is Cc1ccc(CNCCc2ccccc2)c(Cl)c1. The van der Waals surface area contributed by atoms with Gasteiger partial charge in [-0.3, -0.25) is 0 Å². The molecule has 2 aromatic rings. The van der Waals surface area contributed by atoms with Crippen LogP contribution in [0.3, 0.4) is 0 Å². The Balaban J connectivity index is 1.79. The molecule has 2 rings (SSSR count). The van der Waals surface area contributed by atoms with Crippen LogP contribution in [-0.2, 0) is 13.0 Å². The Bertz CT molecular complexity index is 494. The van der Waals surface area contributed by atoms with Crippen LogP contribution in [0.25, 0.3) is 0 Å². The molecule has 0 aliphatic carbocycles. The first-order valence-corrected chi connectivity index (χ1v) is 6.63. The number of nitrogens with one attached hydrogen (secondary N) is 1. The van der Waals surface area contributed by atoms with Crippen molar-refractivity contribution < 1.29 is 0 Å². The van der Waals surface area contributed by atoms with Gasteiger partial charge in [-0.2, -0.15) is 0 Å². The third kappa shape index (κ3) is 3.86. The standard InChI is InChI=1S/C16H18ClN/c1-13-7-8-15(16(17)11-13)12-18-10-9-14-5-3-2-4-6-14/h2-8,11,18H,9-10,12H2,1H3. The van der Waals surface area contributed by atoms with E-state index < -0.39 is 0 Å². The molecule has 0 aliphatic rings. The lowest BCUT2D eigenvalue weighted by atomic mass is 10.1. The van der Waals surface area contributed by atoms with Crippen molar-refractivity contribution in [2.45, 2.75) is 19.9 Å². The fourth-order valence-corrected chi connectivity index (χ4v) is 2.20. The zero-order valence-corrected chi connectivity index (χ0v) is 11.4. The Morgan fingerprint density at radius 2 is 1.83 bits per heavy atom. The summed E-state index contributed by atoms with van der Waals surface area (Å²) in [7, 11) is 0. The molecule has 0 spiro atoms. The van der Waals surface area contributed by atoms with E-state index in [9.17, 15) is 0 Å². The minimum absolute atomic E-state index is 0.825. The van der Waals surface area contributed by atoms with Crippen LogP contribution in [0.15, 0.2) is 48.5 Å². The number of benzene rings is 2. The maximum atomic E-state index is 6.19. The summed E-state index contributed by atoms with van der Waals surface area (Å²) in [6.45, 7) is 3.85. The molecular formula is C16H18ClN. The van der Waals surface area contributed by atoms with Crippen LogP contribution in [0.1, 0.15) is 16.7 Å². The van der Waals surface area contributed by atoms with E-state index in [4.69, 9.17) is 11.6 Å². The van der Waals surface area contributed by atoms with Crippen LogP contribution in [-0.4, -0.2) is 6.54 Å². The van der Waals surface area contributed by atoms with Crippen LogP contribution >= 0.6 is 11.6 Å².